The van der Waals surface area contributed by atoms with E-state index in [2.05, 4.69) is 6.08 Å². The number of Topliss-reactive ketones (excluding diaryl/α,β-unsaturated/α-hetero) is 1. The molecule has 0 N–H and O–H groups in total. The highest BCUT2D eigenvalue weighted by atomic mass is 16.1. The second kappa shape index (κ2) is 2.41. The van der Waals surface area contributed by atoms with Crippen LogP contribution in [-0.4, -0.2) is 5.78 Å². The van der Waals surface area contributed by atoms with E-state index < -0.39 is 0 Å². The summed E-state index contributed by atoms with van der Waals surface area (Å²) in [6, 6.07) is 0. The Morgan fingerprint density at radius 1 is 1.50 bits per heavy atom. The first-order valence-electron chi connectivity index (χ1n) is 3.50. The molecule has 1 nitrogen and oxygen atoms in total. The van der Waals surface area contributed by atoms with Gasteiger partial charge in [0.1, 0.15) is 0 Å². The van der Waals surface area contributed by atoms with Crippen LogP contribution >= 0.6 is 0 Å². The van der Waals surface area contributed by atoms with Crippen LogP contribution in [0.3, 0.4) is 0 Å². The third-order valence-electron chi connectivity index (χ3n) is 2.08. The van der Waals surface area contributed by atoms with Gasteiger partial charge in [-0.3, -0.25) is 4.79 Å². The van der Waals surface area contributed by atoms with Crippen LogP contribution in [0.15, 0.2) is 22.8 Å². The third-order valence-corrected chi connectivity index (χ3v) is 2.08. The standard InChI is InChI=1S/C9H12O/c1-6-4-5-9(7(6)2)8(3)10/h4H,5H2,1-3H3. The molecule has 1 rings (SSSR count). The van der Waals surface area contributed by atoms with E-state index >= 15 is 0 Å². The highest BCUT2D eigenvalue weighted by molar-refractivity contribution is 5.95. The van der Waals surface area contributed by atoms with Crippen molar-refractivity contribution in [2.75, 3.05) is 0 Å². The Morgan fingerprint density at radius 2 is 2.10 bits per heavy atom. The SMILES string of the molecule is CC(=O)C1=C(C)C(C)=CC1. The summed E-state index contributed by atoms with van der Waals surface area (Å²) in [7, 11) is 0. The Morgan fingerprint density at radius 3 is 2.30 bits per heavy atom. The molecule has 0 aromatic rings. The van der Waals surface area contributed by atoms with Crippen LogP contribution < -0.4 is 0 Å². The maximum atomic E-state index is 10.9. The molecule has 0 unspecified atom stereocenters. The summed E-state index contributed by atoms with van der Waals surface area (Å²) in [5.74, 6) is 0.214. The zero-order valence-electron chi connectivity index (χ0n) is 6.69. The van der Waals surface area contributed by atoms with E-state index in [1.807, 2.05) is 13.8 Å². The fourth-order valence-corrected chi connectivity index (χ4v) is 1.21. The molecule has 1 aliphatic carbocycles. The number of hydrogen-bond donors (Lipinski definition) is 0. The molecule has 0 aliphatic heterocycles. The lowest BCUT2D eigenvalue weighted by molar-refractivity contribution is -0.113. The molecule has 0 radical (unpaired) electrons. The van der Waals surface area contributed by atoms with Crippen molar-refractivity contribution in [3.63, 3.8) is 0 Å². The van der Waals surface area contributed by atoms with Crippen LogP contribution in [0.4, 0.5) is 0 Å². The molecule has 54 valence electrons. The van der Waals surface area contributed by atoms with Gasteiger partial charge < -0.3 is 0 Å². The number of allylic oxidation sites excluding steroid dienone is 4. The summed E-state index contributed by atoms with van der Waals surface area (Å²) in [5, 5.41) is 0. The van der Waals surface area contributed by atoms with Crippen LogP contribution in [0, 0.1) is 0 Å². The molecule has 1 aliphatic rings. The predicted molar refractivity (Wildman–Crippen MR) is 41.8 cm³/mol. The summed E-state index contributed by atoms with van der Waals surface area (Å²) >= 11 is 0. The van der Waals surface area contributed by atoms with Gasteiger partial charge >= 0.3 is 0 Å². The lowest BCUT2D eigenvalue weighted by Gasteiger charge is -1.97. The molecule has 0 heterocycles. The zero-order chi connectivity index (χ0) is 7.72. The molecular weight excluding hydrogens is 124 g/mol. The van der Waals surface area contributed by atoms with Gasteiger partial charge in [0.25, 0.3) is 0 Å². The molecule has 0 bridgehead atoms. The first-order valence-corrected chi connectivity index (χ1v) is 3.50. The highest BCUT2D eigenvalue weighted by Crippen LogP contribution is 2.25. The van der Waals surface area contributed by atoms with Crippen LogP contribution in [-0.2, 0) is 4.79 Å². The number of carbonyl (C=O) groups is 1. The van der Waals surface area contributed by atoms with Gasteiger partial charge in [0.2, 0.25) is 0 Å². The molecule has 10 heavy (non-hydrogen) atoms. The van der Waals surface area contributed by atoms with Crippen molar-refractivity contribution in [1.82, 2.24) is 0 Å². The molecule has 0 spiro atoms. The topological polar surface area (TPSA) is 17.1 Å². The molecule has 0 aromatic carbocycles. The Kier molecular flexibility index (Phi) is 1.75. The lowest BCUT2D eigenvalue weighted by atomic mass is 10.1. The second-order valence-electron chi connectivity index (χ2n) is 2.75. The van der Waals surface area contributed by atoms with Gasteiger partial charge in [-0.25, -0.2) is 0 Å². The smallest absolute Gasteiger partial charge is 0.156 e. The maximum Gasteiger partial charge on any atom is 0.156 e. The Bertz CT molecular complexity index is 231. The van der Waals surface area contributed by atoms with Crippen molar-refractivity contribution in [1.29, 1.82) is 0 Å². The summed E-state index contributed by atoms with van der Waals surface area (Å²) in [5.41, 5.74) is 3.41. The summed E-state index contributed by atoms with van der Waals surface area (Å²) in [6.07, 6.45) is 2.94. The van der Waals surface area contributed by atoms with Crippen molar-refractivity contribution < 1.29 is 4.79 Å². The molecule has 0 saturated carbocycles. The summed E-state index contributed by atoms with van der Waals surface area (Å²) in [6.45, 7) is 5.69. The van der Waals surface area contributed by atoms with Gasteiger partial charge in [-0.15, -0.1) is 0 Å². The fraction of sp³-hybridized carbons (Fsp3) is 0.444. The molecule has 0 fully saturated rings. The predicted octanol–water partition coefficient (Wildman–Crippen LogP) is 2.24. The minimum Gasteiger partial charge on any atom is -0.295 e. The minimum absolute atomic E-state index is 0.214. The van der Waals surface area contributed by atoms with Gasteiger partial charge in [-0.2, -0.15) is 0 Å². The van der Waals surface area contributed by atoms with E-state index in [1.54, 1.807) is 6.92 Å². The van der Waals surface area contributed by atoms with E-state index in [-0.39, 0.29) is 5.78 Å². The number of hydrogen-bond acceptors (Lipinski definition) is 1. The Labute approximate surface area is 61.4 Å². The first-order chi connectivity index (χ1) is 4.63. The van der Waals surface area contributed by atoms with Crippen molar-refractivity contribution in [2.24, 2.45) is 0 Å². The molecule has 1 heteroatoms. The van der Waals surface area contributed by atoms with Crippen LogP contribution in [0.1, 0.15) is 27.2 Å². The van der Waals surface area contributed by atoms with E-state index in [4.69, 9.17) is 0 Å². The van der Waals surface area contributed by atoms with Gasteiger partial charge in [-0.05, 0) is 32.8 Å². The molecule has 0 atom stereocenters. The van der Waals surface area contributed by atoms with Crippen molar-refractivity contribution in [2.45, 2.75) is 27.2 Å². The average molecular weight is 136 g/mol. The second-order valence-corrected chi connectivity index (χ2v) is 2.75. The number of carbonyl (C=O) groups excluding carboxylic acids is 1. The Balaban J connectivity index is 2.94. The number of rotatable bonds is 1. The molecular formula is C9H12O. The maximum absolute atomic E-state index is 10.9. The molecule has 0 saturated heterocycles. The largest absolute Gasteiger partial charge is 0.295 e. The van der Waals surface area contributed by atoms with Crippen LogP contribution in [0.25, 0.3) is 0 Å². The van der Waals surface area contributed by atoms with Gasteiger partial charge in [0.15, 0.2) is 5.78 Å². The monoisotopic (exact) mass is 136 g/mol. The quantitative estimate of drug-likeness (QED) is 0.540. The lowest BCUT2D eigenvalue weighted by Crippen LogP contribution is -1.94. The van der Waals surface area contributed by atoms with E-state index in [1.165, 1.54) is 11.1 Å². The third kappa shape index (κ3) is 1.04. The van der Waals surface area contributed by atoms with Crippen LogP contribution in [0.2, 0.25) is 0 Å². The average Bonchev–Trinajstić information content (AvgIpc) is 2.14. The van der Waals surface area contributed by atoms with E-state index in [9.17, 15) is 4.79 Å². The zero-order valence-corrected chi connectivity index (χ0v) is 6.69. The van der Waals surface area contributed by atoms with Crippen molar-refractivity contribution in [3.05, 3.63) is 22.8 Å². The van der Waals surface area contributed by atoms with Gasteiger partial charge in [0.05, 0.1) is 0 Å². The van der Waals surface area contributed by atoms with Crippen molar-refractivity contribution >= 4 is 5.78 Å². The minimum atomic E-state index is 0.214. The van der Waals surface area contributed by atoms with Gasteiger partial charge in [-0.1, -0.05) is 11.6 Å². The van der Waals surface area contributed by atoms with Crippen LogP contribution in [0.5, 0.6) is 0 Å². The normalized spacial score (nSPS) is 17.7. The summed E-state index contributed by atoms with van der Waals surface area (Å²) in [4.78, 5) is 10.9. The molecule has 0 aromatic heterocycles. The number of ketones is 1. The summed E-state index contributed by atoms with van der Waals surface area (Å²) < 4.78 is 0. The van der Waals surface area contributed by atoms with E-state index in [0.29, 0.717) is 0 Å². The van der Waals surface area contributed by atoms with Gasteiger partial charge in [0, 0.05) is 5.57 Å². The van der Waals surface area contributed by atoms with E-state index in [0.717, 1.165) is 12.0 Å². The fourth-order valence-electron chi connectivity index (χ4n) is 1.21. The highest BCUT2D eigenvalue weighted by Gasteiger charge is 2.13. The van der Waals surface area contributed by atoms with Crippen molar-refractivity contribution in [3.8, 4) is 0 Å². The Hall–Kier alpha value is -0.850. The molecule has 0 amide bonds. The first kappa shape index (κ1) is 7.26.